The molecule has 3 aromatic rings. The molecule has 116 heavy (non-hydrogen) atoms. The van der Waals surface area contributed by atoms with Gasteiger partial charge < -0.3 is 109 Å². The maximum atomic E-state index is 15.2. The molecule has 3 aliphatic rings. The highest BCUT2D eigenvalue weighted by atomic mass is 16.5. The van der Waals surface area contributed by atoms with Gasteiger partial charge in [-0.3, -0.25) is 67.3 Å². The second-order valence-electron chi connectivity index (χ2n) is 29.8. The molecule has 0 unspecified atom stereocenters. The number of carbonyl (C=O) groups is 13. The highest BCUT2D eigenvalue weighted by molar-refractivity contribution is 5.99. The van der Waals surface area contributed by atoms with E-state index in [2.05, 4.69) is 57.8 Å². The van der Waals surface area contributed by atoms with Gasteiger partial charge in [0, 0.05) is 94.9 Å². The molecule has 6 rings (SSSR count). The van der Waals surface area contributed by atoms with Gasteiger partial charge in [0.2, 0.25) is 70.9 Å². The molecule has 3 saturated heterocycles. The number of nitrogens with two attached hydrogens (primary N) is 3. The predicted molar refractivity (Wildman–Crippen MR) is 431 cm³/mol. The maximum absolute atomic E-state index is 15.2. The number of ether oxygens (including phenoxy) is 4. The molecule has 0 spiro atoms. The van der Waals surface area contributed by atoms with Crippen LogP contribution in [-0.4, -0.2) is 254 Å². The number of hydrogen-bond acceptors (Lipinski definition) is 19. The number of carboxylic acids is 1. The van der Waals surface area contributed by atoms with Gasteiger partial charge >= 0.3 is 5.97 Å². The number of aliphatic carboxylic acids is 1. The minimum absolute atomic E-state index is 0.0117. The minimum Gasteiger partial charge on any atom is -0.481 e. The van der Waals surface area contributed by atoms with E-state index in [9.17, 15) is 62.6 Å². The second kappa shape index (κ2) is 54.1. The summed E-state index contributed by atoms with van der Waals surface area (Å²) in [7, 11) is 0. The number of benzene rings is 2. The molecule has 0 radical (unpaired) electrons. The average Bonchev–Trinajstić information content (AvgIpc) is 1.66. The highest BCUT2D eigenvalue weighted by Gasteiger charge is 2.44. The van der Waals surface area contributed by atoms with Gasteiger partial charge in [0.05, 0.1) is 45.7 Å². The Morgan fingerprint density at radius 1 is 0.629 bits per heavy atom. The number of aliphatic hydroxyl groups is 1. The van der Waals surface area contributed by atoms with Crippen LogP contribution in [0.3, 0.4) is 0 Å². The molecule has 35 heteroatoms. The van der Waals surface area contributed by atoms with Gasteiger partial charge in [-0.25, -0.2) is 0 Å². The summed E-state index contributed by atoms with van der Waals surface area (Å²) in [6.45, 7) is 2.70. The fourth-order valence-corrected chi connectivity index (χ4v) is 14.2. The molecule has 3 aliphatic heterocycles. The third-order valence-electron chi connectivity index (χ3n) is 20.5. The zero-order valence-corrected chi connectivity index (χ0v) is 67.3. The van der Waals surface area contributed by atoms with E-state index in [1.54, 1.807) is 36.5 Å². The Balaban J connectivity index is 0.998. The van der Waals surface area contributed by atoms with E-state index >= 15 is 4.79 Å². The quantitative estimate of drug-likeness (QED) is 0.0216. The molecular formula is C81H126N16O19. The number of carbonyl (C=O) groups excluding carboxylic acids is 12. The van der Waals surface area contributed by atoms with E-state index < -0.39 is 133 Å². The van der Waals surface area contributed by atoms with Crippen LogP contribution < -0.4 is 65.1 Å². The number of aliphatic imine (C=N–C) groups is 1. The van der Waals surface area contributed by atoms with Gasteiger partial charge in [-0.15, -0.1) is 0 Å². The van der Waals surface area contributed by atoms with Crippen molar-refractivity contribution in [2.75, 3.05) is 92.1 Å². The monoisotopic (exact) mass is 1630 g/mol. The number of carboxylic acid groups (broad SMARTS) is 1. The molecular weight excluding hydrogens is 1500 g/mol. The fourth-order valence-electron chi connectivity index (χ4n) is 14.2. The van der Waals surface area contributed by atoms with E-state index in [0.717, 1.165) is 67.2 Å². The molecule has 9 atom stereocenters. The third kappa shape index (κ3) is 36.1. The van der Waals surface area contributed by atoms with E-state index in [-0.39, 0.29) is 167 Å². The van der Waals surface area contributed by atoms with Crippen LogP contribution in [0.25, 0.3) is 10.9 Å². The summed E-state index contributed by atoms with van der Waals surface area (Å²) < 4.78 is 22.1. The standard InChI is InChI=1S/C81H126N16O19/c1-2-3-28-61(92-78(110)66-32-24-41-96(66)71(102)54-116-47-45-114-43-40-87-70(101)53-115-46-44-113-42-39-86-68(99)33-17-12-10-8-6-4-5-7-9-11-13-18-34-72(103)104)74(106)93-63-35-36-69(100)85-37-22-21-30-60(73(82)105)90-77(109)65(49-56-51-89-59-29-20-19-27-58(56)59)94-75(107)62(31-23-38-88-81(83)84)91-76(108)64(48-55-25-15-14-16-26-55)95-79(111)67-50-57(98)52-97(67)80(63)112/h14-16,19-20,25-27,29,51,57,60-67,89,98H,2-13,17-18,21-24,28,30-50,52-54H2,1H3,(H2,82,105)(H,85,100)(H,86,99)(H,87,101)(H,90,109)(H,91,108)(H,92,110)(H,93,106)(H,94,107)(H,95,111)(H,103,104)(H4,83,84,88)/t57-,60+,61+,62+,63+,64-,65+,66+,67+/m1/s1. The summed E-state index contributed by atoms with van der Waals surface area (Å²) in [5.74, 6) is -8.88. The summed E-state index contributed by atoms with van der Waals surface area (Å²) >= 11 is 0. The SMILES string of the molecule is CCCC[C@H](NC(=O)[C@@H]1CCCN1C(=O)COCCOCCNC(=O)COCCOCCNC(=O)CCCCCCCCCCCCCCC(=O)O)C(=O)N[C@H]1CCC(=O)NCCCC[C@@H](C(N)=O)NC(=O)[C@H](Cc2c[nH]c3ccccc23)NC(=O)[C@H](CCCN=C(N)N)NC(=O)[C@@H](Cc2ccccc2)NC(=O)[C@@H]2C[C@@H](O)CN2C1=O. The van der Waals surface area contributed by atoms with Crippen LogP contribution in [-0.2, 0) is 94.1 Å². The van der Waals surface area contributed by atoms with Crippen LogP contribution in [0.5, 0.6) is 0 Å². The number of para-hydroxylation sites is 1. The summed E-state index contributed by atoms with van der Waals surface area (Å²) in [4.78, 5) is 188. The molecule has 4 heterocycles. The predicted octanol–water partition coefficient (Wildman–Crippen LogP) is 1.47. The first-order chi connectivity index (χ1) is 56.0. The lowest BCUT2D eigenvalue weighted by atomic mass is 10.0. The fraction of sp³-hybridized carbons (Fsp3) is 0.654. The third-order valence-corrected chi connectivity index (χ3v) is 20.5. The number of aliphatic hydroxyl groups excluding tert-OH is 1. The van der Waals surface area contributed by atoms with Crippen molar-refractivity contribution in [2.45, 2.75) is 248 Å². The maximum Gasteiger partial charge on any atom is 0.303 e. The first-order valence-corrected chi connectivity index (χ1v) is 41.4. The summed E-state index contributed by atoms with van der Waals surface area (Å²) in [5.41, 5.74) is 19.1. The number of guanidine groups is 1. The van der Waals surface area contributed by atoms with Gasteiger partial charge in [0.25, 0.3) is 0 Å². The van der Waals surface area contributed by atoms with Crippen molar-refractivity contribution in [1.29, 1.82) is 0 Å². The molecule has 0 aliphatic carbocycles. The van der Waals surface area contributed by atoms with Gasteiger partial charge in [-0.05, 0) is 87.8 Å². The molecule has 18 N–H and O–H groups in total. The molecule has 35 nitrogen and oxygen atoms in total. The lowest BCUT2D eigenvalue weighted by molar-refractivity contribution is -0.144. The number of aromatic amines is 1. The van der Waals surface area contributed by atoms with E-state index in [1.807, 2.05) is 31.2 Å². The number of likely N-dealkylation sites (tertiary alicyclic amines) is 1. The van der Waals surface area contributed by atoms with E-state index in [4.69, 9.17) is 41.3 Å². The number of H-pyrrole nitrogens is 1. The van der Waals surface area contributed by atoms with Crippen molar-refractivity contribution in [3.05, 3.63) is 71.9 Å². The van der Waals surface area contributed by atoms with Crippen LogP contribution >= 0.6 is 0 Å². The number of rotatable bonds is 47. The van der Waals surface area contributed by atoms with Crippen LogP contribution in [0.2, 0.25) is 0 Å². The van der Waals surface area contributed by atoms with Crippen LogP contribution in [0.4, 0.5) is 0 Å². The van der Waals surface area contributed by atoms with Crippen molar-refractivity contribution in [3.8, 4) is 0 Å². The van der Waals surface area contributed by atoms with Crippen molar-refractivity contribution < 1.29 is 91.5 Å². The van der Waals surface area contributed by atoms with Crippen molar-refractivity contribution in [2.24, 2.45) is 22.2 Å². The molecule has 2 aromatic carbocycles. The average molecular weight is 1630 g/mol. The van der Waals surface area contributed by atoms with E-state index in [1.165, 1.54) is 30.6 Å². The Morgan fingerprint density at radius 3 is 1.91 bits per heavy atom. The highest BCUT2D eigenvalue weighted by Crippen LogP contribution is 2.25. The number of hydrogen-bond donors (Lipinski definition) is 15. The van der Waals surface area contributed by atoms with Crippen LogP contribution in [0, 0.1) is 0 Å². The second-order valence-corrected chi connectivity index (χ2v) is 29.8. The minimum atomic E-state index is -1.55. The first-order valence-electron chi connectivity index (χ1n) is 41.4. The van der Waals surface area contributed by atoms with Crippen molar-refractivity contribution >= 4 is 93.7 Å². The smallest absolute Gasteiger partial charge is 0.303 e. The number of unbranched alkanes of at least 4 members (excludes halogenated alkanes) is 12. The summed E-state index contributed by atoms with van der Waals surface area (Å²) in [6, 6.07) is 5.19. The number of fused-ring (bicyclic) bond motifs is 2. The molecule has 12 amide bonds. The van der Waals surface area contributed by atoms with Crippen molar-refractivity contribution in [3.63, 3.8) is 0 Å². The topological polar surface area (TPSA) is 520 Å². The van der Waals surface area contributed by atoms with Gasteiger partial charge in [-0.1, -0.05) is 133 Å². The van der Waals surface area contributed by atoms with Crippen LogP contribution in [0.1, 0.15) is 191 Å². The number of nitrogens with zero attached hydrogens (tertiary/aromatic N) is 3. The largest absolute Gasteiger partial charge is 0.481 e. The molecule has 3 fully saturated rings. The Labute approximate surface area is 678 Å². The zero-order valence-electron chi connectivity index (χ0n) is 67.3. The molecule has 1 aromatic heterocycles. The van der Waals surface area contributed by atoms with Gasteiger partial charge in [-0.2, -0.15) is 0 Å². The zero-order chi connectivity index (χ0) is 83.8. The number of nitrogens with one attached hydrogen (secondary N) is 10. The molecule has 644 valence electrons. The summed E-state index contributed by atoms with van der Waals surface area (Å²) in [6.07, 6.45) is 15.2. The molecule has 0 bridgehead atoms. The first kappa shape index (κ1) is 95.0. The van der Waals surface area contributed by atoms with Gasteiger partial charge in [0.15, 0.2) is 5.96 Å². The lowest BCUT2D eigenvalue weighted by Crippen LogP contribution is -2.60. The Kier molecular flexibility index (Phi) is 44.3. The molecule has 0 saturated carbocycles. The van der Waals surface area contributed by atoms with Crippen molar-refractivity contribution in [1.82, 2.24) is 62.6 Å². The number of aromatic nitrogens is 1. The van der Waals surface area contributed by atoms with Gasteiger partial charge in [0.1, 0.15) is 61.5 Å². The number of amides is 12. The summed E-state index contributed by atoms with van der Waals surface area (Å²) in [5, 5.41) is 45.7. The van der Waals surface area contributed by atoms with E-state index in [0.29, 0.717) is 50.0 Å². The Hall–Kier alpha value is -9.84. The normalized spacial score (nSPS) is 20.4. The lowest BCUT2D eigenvalue weighted by Gasteiger charge is -2.31. The van der Waals surface area contributed by atoms with Crippen LogP contribution in [0.15, 0.2) is 65.8 Å². The number of primary amides is 1. The Bertz CT molecular complexity index is 3620. The Morgan fingerprint density at radius 2 is 1.23 bits per heavy atom.